The Morgan fingerprint density at radius 2 is 2.00 bits per heavy atom. The highest BCUT2D eigenvalue weighted by molar-refractivity contribution is 9.12. The Morgan fingerprint density at radius 3 is 2.62 bits per heavy atom. The quantitative estimate of drug-likeness (QED) is 0.777. The molecule has 4 nitrogen and oxygen atoms in total. The molecule has 1 aromatic carbocycles. The van der Waals surface area contributed by atoms with Gasteiger partial charge in [0, 0.05) is 12.2 Å². The summed E-state index contributed by atoms with van der Waals surface area (Å²) in [5, 5.41) is 9.02. The molecule has 2 heterocycles. The third kappa shape index (κ3) is 2.65. The molecule has 1 aromatic heterocycles. The molecule has 0 bridgehead atoms. The van der Waals surface area contributed by atoms with E-state index in [0.29, 0.717) is 18.5 Å². The number of fused-ring (bicyclic) bond motifs is 1. The van der Waals surface area contributed by atoms with Gasteiger partial charge in [-0.15, -0.1) is 11.3 Å². The number of anilines is 1. The lowest BCUT2D eigenvalue weighted by molar-refractivity contribution is 0.0696. The number of carboxylic acid groups (broad SMARTS) is 1. The van der Waals surface area contributed by atoms with E-state index in [-0.39, 0.29) is 11.5 Å². The van der Waals surface area contributed by atoms with E-state index in [9.17, 15) is 9.59 Å². The molecule has 108 valence electrons. The standard InChI is InChI=1S/C14H9Br2NO3S/c15-11-6-9(12(16)21-11)13(18)17-4-3-7-5-8(14(19)20)1-2-10(7)17/h1-2,5-6H,3-4H2,(H,19,20). The van der Waals surface area contributed by atoms with Crippen LogP contribution in [0.15, 0.2) is 31.8 Å². The molecule has 0 aliphatic carbocycles. The van der Waals surface area contributed by atoms with Crippen molar-refractivity contribution < 1.29 is 14.7 Å². The first-order valence-corrected chi connectivity index (χ1v) is 8.50. The van der Waals surface area contributed by atoms with E-state index in [1.165, 1.54) is 17.4 Å². The number of amides is 1. The predicted molar refractivity (Wildman–Crippen MR) is 88.5 cm³/mol. The zero-order valence-corrected chi connectivity index (χ0v) is 14.6. The number of rotatable bonds is 2. The van der Waals surface area contributed by atoms with Crippen LogP contribution in [-0.4, -0.2) is 23.5 Å². The Kier molecular flexibility index (Phi) is 3.90. The van der Waals surface area contributed by atoms with Crippen molar-refractivity contribution in [1.29, 1.82) is 0 Å². The van der Waals surface area contributed by atoms with Gasteiger partial charge < -0.3 is 10.0 Å². The zero-order chi connectivity index (χ0) is 15.1. The van der Waals surface area contributed by atoms with Gasteiger partial charge in [0.1, 0.15) is 0 Å². The summed E-state index contributed by atoms with van der Waals surface area (Å²) in [5.41, 5.74) is 2.55. The molecule has 2 aromatic rings. The van der Waals surface area contributed by atoms with Gasteiger partial charge in [0.2, 0.25) is 0 Å². The number of benzene rings is 1. The molecule has 0 fully saturated rings. The summed E-state index contributed by atoms with van der Waals surface area (Å²) >= 11 is 8.22. The van der Waals surface area contributed by atoms with Gasteiger partial charge >= 0.3 is 5.97 Å². The van der Waals surface area contributed by atoms with Crippen LogP contribution in [0.25, 0.3) is 0 Å². The van der Waals surface area contributed by atoms with Gasteiger partial charge in [-0.05, 0) is 68.1 Å². The summed E-state index contributed by atoms with van der Waals surface area (Å²) in [4.78, 5) is 25.3. The number of hydrogen-bond acceptors (Lipinski definition) is 3. The first-order chi connectivity index (χ1) is 9.97. The summed E-state index contributed by atoms with van der Waals surface area (Å²) in [7, 11) is 0. The largest absolute Gasteiger partial charge is 0.478 e. The molecule has 7 heteroatoms. The van der Waals surface area contributed by atoms with E-state index < -0.39 is 5.97 Å². The topological polar surface area (TPSA) is 57.6 Å². The van der Waals surface area contributed by atoms with Gasteiger partial charge in [0.25, 0.3) is 5.91 Å². The maximum Gasteiger partial charge on any atom is 0.335 e. The van der Waals surface area contributed by atoms with Gasteiger partial charge in [-0.1, -0.05) is 0 Å². The maximum absolute atomic E-state index is 12.6. The molecular formula is C14H9Br2NO3S. The van der Waals surface area contributed by atoms with E-state index in [0.717, 1.165) is 18.8 Å². The summed E-state index contributed by atoms with van der Waals surface area (Å²) in [6.07, 6.45) is 0.672. The summed E-state index contributed by atoms with van der Waals surface area (Å²) in [5.74, 6) is -1.03. The molecule has 0 atom stereocenters. The highest BCUT2D eigenvalue weighted by Gasteiger charge is 2.28. The van der Waals surface area contributed by atoms with Gasteiger partial charge in [-0.25, -0.2) is 4.79 Å². The van der Waals surface area contributed by atoms with Crippen LogP contribution >= 0.6 is 43.2 Å². The van der Waals surface area contributed by atoms with Crippen LogP contribution in [0, 0.1) is 0 Å². The van der Waals surface area contributed by atoms with E-state index >= 15 is 0 Å². The molecule has 1 N–H and O–H groups in total. The lowest BCUT2D eigenvalue weighted by atomic mass is 10.1. The average molecular weight is 431 g/mol. The first-order valence-electron chi connectivity index (χ1n) is 6.10. The molecule has 1 amide bonds. The predicted octanol–water partition coefficient (Wildman–Crippen LogP) is 4.17. The minimum atomic E-state index is -0.952. The second-order valence-corrected chi connectivity index (χ2v) is 8.34. The molecule has 0 radical (unpaired) electrons. The molecule has 0 spiro atoms. The van der Waals surface area contributed by atoms with Crippen LogP contribution in [0.3, 0.4) is 0 Å². The van der Waals surface area contributed by atoms with Crippen molar-refractivity contribution in [2.75, 3.05) is 11.4 Å². The molecule has 0 saturated carbocycles. The Labute approximate surface area is 141 Å². The lowest BCUT2D eigenvalue weighted by Crippen LogP contribution is -2.28. The van der Waals surface area contributed by atoms with Gasteiger partial charge in [0.05, 0.1) is 18.7 Å². The molecule has 0 saturated heterocycles. The van der Waals surface area contributed by atoms with Crippen molar-refractivity contribution in [2.24, 2.45) is 0 Å². The molecule has 21 heavy (non-hydrogen) atoms. The van der Waals surface area contributed by atoms with Crippen LogP contribution < -0.4 is 4.90 Å². The van der Waals surface area contributed by atoms with Crippen molar-refractivity contribution in [3.05, 3.63) is 48.5 Å². The van der Waals surface area contributed by atoms with Crippen molar-refractivity contribution in [1.82, 2.24) is 0 Å². The van der Waals surface area contributed by atoms with Crippen molar-refractivity contribution in [2.45, 2.75) is 6.42 Å². The summed E-state index contributed by atoms with van der Waals surface area (Å²) in [6.45, 7) is 0.567. The second kappa shape index (κ2) is 5.55. The fourth-order valence-corrected chi connectivity index (χ4v) is 5.15. The molecule has 0 unspecified atom stereocenters. The number of nitrogens with zero attached hydrogens (tertiary/aromatic N) is 1. The van der Waals surface area contributed by atoms with Crippen molar-refractivity contribution >= 4 is 60.8 Å². The lowest BCUT2D eigenvalue weighted by Gasteiger charge is -2.17. The Balaban J connectivity index is 1.96. The Hall–Kier alpha value is -1.18. The third-order valence-corrected chi connectivity index (χ3v) is 5.69. The Bertz CT molecular complexity index is 757. The number of carbonyl (C=O) groups is 2. The average Bonchev–Trinajstić information content (AvgIpc) is 3.00. The molecular weight excluding hydrogens is 422 g/mol. The smallest absolute Gasteiger partial charge is 0.335 e. The van der Waals surface area contributed by atoms with Crippen LogP contribution in [0.5, 0.6) is 0 Å². The fourth-order valence-electron chi connectivity index (χ4n) is 2.38. The minimum absolute atomic E-state index is 0.0781. The van der Waals surface area contributed by atoms with E-state index in [4.69, 9.17) is 5.11 Å². The number of carbonyl (C=O) groups excluding carboxylic acids is 1. The number of hydrogen-bond donors (Lipinski definition) is 1. The highest BCUT2D eigenvalue weighted by atomic mass is 79.9. The van der Waals surface area contributed by atoms with Crippen LogP contribution in [0.4, 0.5) is 5.69 Å². The fraction of sp³-hybridized carbons (Fsp3) is 0.143. The number of aromatic carboxylic acids is 1. The Morgan fingerprint density at radius 1 is 1.24 bits per heavy atom. The van der Waals surface area contributed by atoms with Crippen LogP contribution in [0.1, 0.15) is 26.3 Å². The normalized spacial score (nSPS) is 13.3. The molecule has 1 aliphatic heterocycles. The van der Waals surface area contributed by atoms with Gasteiger partial charge in [0.15, 0.2) is 0 Å². The number of halogens is 2. The van der Waals surface area contributed by atoms with E-state index in [1.807, 2.05) is 0 Å². The minimum Gasteiger partial charge on any atom is -0.478 e. The van der Waals surface area contributed by atoms with Crippen molar-refractivity contribution in [3.8, 4) is 0 Å². The van der Waals surface area contributed by atoms with E-state index in [1.54, 1.807) is 23.1 Å². The monoisotopic (exact) mass is 429 g/mol. The molecule has 3 rings (SSSR count). The van der Waals surface area contributed by atoms with Gasteiger partial charge in [-0.3, -0.25) is 4.79 Å². The first kappa shape index (κ1) is 14.7. The maximum atomic E-state index is 12.6. The summed E-state index contributed by atoms with van der Waals surface area (Å²) in [6, 6.07) is 6.68. The van der Waals surface area contributed by atoms with E-state index in [2.05, 4.69) is 31.9 Å². The number of carboxylic acids is 1. The van der Waals surface area contributed by atoms with Crippen LogP contribution in [0.2, 0.25) is 0 Å². The SMILES string of the molecule is O=C(O)c1ccc2c(c1)CCN2C(=O)c1cc(Br)sc1Br. The third-order valence-electron chi connectivity index (χ3n) is 3.35. The van der Waals surface area contributed by atoms with Gasteiger partial charge in [-0.2, -0.15) is 0 Å². The zero-order valence-electron chi connectivity index (χ0n) is 10.6. The highest BCUT2D eigenvalue weighted by Crippen LogP contribution is 2.36. The number of thiophene rings is 1. The van der Waals surface area contributed by atoms with Crippen molar-refractivity contribution in [3.63, 3.8) is 0 Å². The van der Waals surface area contributed by atoms with Crippen LogP contribution in [-0.2, 0) is 6.42 Å². The second-order valence-electron chi connectivity index (χ2n) is 4.59. The summed E-state index contributed by atoms with van der Waals surface area (Å²) < 4.78 is 1.67. The molecule has 1 aliphatic rings.